The van der Waals surface area contributed by atoms with Crippen molar-refractivity contribution >= 4 is 0 Å². The summed E-state index contributed by atoms with van der Waals surface area (Å²) in [6.07, 6.45) is 2.78. The monoisotopic (exact) mass is 288 g/mol. The number of rotatable bonds is 4. The first kappa shape index (κ1) is 15.9. The lowest BCUT2D eigenvalue weighted by molar-refractivity contribution is -0.167. The van der Waals surface area contributed by atoms with Crippen LogP contribution in [0.2, 0.25) is 0 Å². The summed E-state index contributed by atoms with van der Waals surface area (Å²) in [7, 11) is 0. The fraction of sp³-hybridized carbons (Fsp3) is 0.857. The lowest BCUT2D eigenvalue weighted by Gasteiger charge is -2.35. The molecular weight excluding hydrogens is 264 g/mol. The Morgan fingerprint density at radius 2 is 1.95 bits per heavy atom. The van der Waals surface area contributed by atoms with Crippen molar-refractivity contribution in [1.82, 2.24) is 0 Å². The van der Waals surface area contributed by atoms with E-state index in [2.05, 4.69) is 0 Å². The smallest absolute Gasteiger partial charge is 0.110 e. The van der Waals surface area contributed by atoms with Gasteiger partial charge < -0.3 is 29.9 Å². The maximum absolute atomic E-state index is 9.70. The summed E-state index contributed by atoms with van der Waals surface area (Å²) in [5, 5.41) is 37.9. The fourth-order valence-electron chi connectivity index (χ4n) is 2.67. The van der Waals surface area contributed by atoms with E-state index in [1.807, 2.05) is 12.2 Å². The molecule has 6 atom stereocenters. The second kappa shape index (κ2) is 7.49. The second-order valence-electron chi connectivity index (χ2n) is 5.52. The van der Waals surface area contributed by atoms with E-state index >= 15 is 0 Å². The maximum Gasteiger partial charge on any atom is 0.110 e. The van der Waals surface area contributed by atoms with E-state index < -0.39 is 18.3 Å². The molecule has 0 bridgehead atoms. The van der Waals surface area contributed by atoms with Crippen molar-refractivity contribution in [2.75, 3.05) is 13.2 Å². The molecule has 2 aliphatic rings. The Morgan fingerprint density at radius 1 is 1.15 bits per heavy atom. The van der Waals surface area contributed by atoms with Crippen LogP contribution in [0.3, 0.4) is 0 Å². The predicted octanol–water partition coefficient (Wildman–Crippen LogP) is -0.656. The summed E-state index contributed by atoms with van der Waals surface area (Å²) in [4.78, 5) is 0. The SMILES string of the molecule is OC[C@H]1OC(/C=C/C[C@@H]2C[C@H](O)CCO2)C[C@@H](O)[C@@H]1O. The lowest BCUT2D eigenvalue weighted by atomic mass is 9.97. The van der Waals surface area contributed by atoms with Gasteiger partial charge in [0.2, 0.25) is 0 Å². The minimum absolute atomic E-state index is 0.0164. The minimum atomic E-state index is -1.04. The van der Waals surface area contributed by atoms with Crippen LogP contribution in [0.4, 0.5) is 0 Å². The van der Waals surface area contributed by atoms with E-state index in [1.54, 1.807) is 0 Å². The van der Waals surface area contributed by atoms with Gasteiger partial charge in [-0.1, -0.05) is 12.2 Å². The maximum atomic E-state index is 9.70. The number of aliphatic hydroxyl groups is 4. The summed E-state index contributed by atoms with van der Waals surface area (Å²) >= 11 is 0. The Labute approximate surface area is 118 Å². The average molecular weight is 288 g/mol. The summed E-state index contributed by atoms with van der Waals surface area (Å²) in [5.41, 5.74) is 0. The Bertz CT molecular complexity index is 321. The van der Waals surface area contributed by atoms with Crippen LogP contribution < -0.4 is 0 Å². The van der Waals surface area contributed by atoms with Gasteiger partial charge in [-0.25, -0.2) is 0 Å². The molecule has 0 aromatic rings. The van der Waals surface area contributed by atoms with E-state index in [1.165, 1.54) is 0 Å². The molecule has 0 aliphatic carbocycles. The van der Waals surface area contributed by atoms with Gasteiger partial charge in [0.05, 0.1) is 31.0 Å². The van der Waals surface area contributed by atoms with Gasteiger partial charge in [-0.15, -0.1) is 0 Å². The van der Waals surface area contributed by atoms with Gasteiger partial charge in [0.15, 0.2) is 0 Å². The molecule has 0 amide bonds. The van der Waals surface area contributed by atoms with Crippen LogP contribution in [0.25, 0.3) is 0 Å². The standard InChI is InChI=1S/C14H24O6/c15-8-13-14(18)12(17)7-11(20-13)3-1-2-10-6-9(16)4-5-19-10/h1,3,9-18H,2,4-8H2/b3-1+/t9-,10-,11?,12-,13-,14+/m1/s1. The molecule has 0 aromatic heterocycles. The molecular formula is C14H24O6. The van der Waals surface area contributed by atoms with Crippen LogP contribution >= 0.6 is 0 Å². The zero-order valence-corrected chi connectivity index (χ0v) is 11.5. The third-order valence-corrected chi connectivity index (χ3v) is 3.87. The quantitative estimate of drug-likeness (QED) is 0.513. The Kier molecular flexibility index (Phi) is 5.95. The second-order valence-corrected chi connectivity index (χ2v) is 5.52. The van der Waals surface area contributed by atoms with Gasteiger partial charge in [-0.3, -0.25) is 0 Å². The summed E-state index contributed by atoms with van der Waals surface area (Å²) in [6, 6.07) is 0. The first-order valence-electron chi connectivity index (χ1n) is 7.19. The van der Waals surface area contributed by atoms with Crippen LogP contribution in [0.1, 0.15) is 25.7 Å². The Morgan fingerprint density at radius 3 is 2.65 bits per heavy atom. The van der Waals surface area contributed by atoms with Crippen molar-refractivity contribution in [3.63, 3.8) is 0 Å². The molecule has 2 fully saturated rings. The van der Waals surface area contributed by atoms with E-state index in [4.69, 9.17) is 14.6 Å². The van der Waals surface area contributed by atoms with Gasteiger partial charge in [0, 0.05) is 13.0 Å². The van der Waals surface area contributed by atoms with Crippen molar-refractivity contribution < 1.29 is 29.9 Å². The Balaban J connectivity index is 1.79. The molecule has 0 aromatic carbocycles. The zero-order valence-electron chi connectivity index (χ0n) is 11.5. The highest BCUT2D eigenvalue weighted by molar-refractivity contribution is 4.97. The van der Waals surface area contributed by atoms with Gasteiger partial charge >= 0.3 is 0 Å². The molecule has 1 unspecified atom stereocenters. The van der Waals surface area contributed by atoms with Crippen LogP contribution in [0.15, 0.2) is 12.2 Å². The highest BCUT2D eigenvalue weighted by Gasteiger charge is 2.35. The van der Waals surface area contributed by atoms with Crippen molar-refractivity contribution in [3.05, 3.63) is 12.2 Å². The third-order valence-electron chi connectivity index (χ3n) is 3.87. The van der Waals surface area contributed by atoms with Crippen LogP contribution in [-0.4, -0.2) is 70.3 Å². The highest BCUT2D eigenvalue weighted by Crippen LogP contribution is 2.22. The summed E-state index contributed by atoms with van der Waals surface area (Å²) < 4.78 is 11.0. The fourth-order valence-corrected chi connectivity index (χ4v) is 2.67. The molecule has 2 heterocycles. The van der Waals surface area contributed by atoms with E-state index in [9.17, 15) is 15.3 Å². The molecule has 0 saturated carbocycles. The van der Waals surface area contributed by atoms with E-state index in [0.717, 1.165) is 0 Å². The minimum Gasteiger partial charge on any atom is -0.394 e. The summed E-state index contributed by atoms with van der Waals surface area (Å²) in [6.45, 7) is 0.261. The first-order chi connectivity index (χ1) is 9.60. The number of ether oxygens (including phenoxy) is 2. The molecule has 0 spiro atoms. The van der Waals surface area contributed by atoms with Crippen molar-refractivity contribution in [2.24, 2.45) is 0 Å². The largest absolute Gasteiger partial charge is 0.394 e. The van der Waals surface area contributed by atoms with Crippen molar-refractivity contribution in [1.29, 1.82) is 0 Å². The van der Waals surface area contributed by atoms with Crippen LogP contribution in [0.5, 0.6) is 0 Å². The molecule has 2 aliphatic heterocycles. The zero-order chi connectivity index (χ0) is 14.5. The molecule has 116 valence electrons. The summed E-state index contributed by atoms with van der Waals surface area (Å²) in [5.74, 6) is 0. The molecule has 6 nitrogen and oxygen atoms in total. The van der Waals surface area contributed by atoms with E-state index in [-0.39, 0.29) is 24.9 Å². The Hall–Kier alpha value is -0.500. The first-order valence-corrected chi connectivity index (χ1v) is 7.19. The molecule has 4 N–H and O–H groups in total. The average Bonchev–Trinajstić information content (AvgIpc) is 2.42. The van der Waals surface area contributed by atoms with Crippen molar-refractivity contribution in [3.8, 4) is 0 Å². The van der Waals surface area contributed by atoms with Gasteiger partial charge in [0.25, 0.3) is 0 Å². The predicted molar refractivity (Wildman–Crippen MR) is 71.1 cm³/mol. The molecule has 6 heteroatoms. The van der Waals surface area contributed by atoms with Crippen LogP contribution in [-0.2, 0) is 9.47 Å². The van der Waals surface area contributed by atoms with Gasteiger partial charge in [0.1, 0.15) is 12.2 Å². The van der Waals surface area contributed by atoms with Gasteiger partial charge in [-0.2, -0.15) is 0 Å². The normalized spacial score (nSPS) is 43.0. The lowest BCUT2D eigenvalue weighted by Crippen LogP contribution is -2.49. The molecule has 0 radical (unpaired) electrons. The topological polar surface area (TPSA) is 99.4 Å². The third kappa shape index (κ3) is 4.25. The van der Waals surface area contributed by atoms with Gasteiger partial charge in [-0.05, 0) is 19.3 Å². The molecule has 2 saturated heterocycles. The van der Waals surface area contributed by atoms with Crippen LogP contribution in [0, 0.1) is 0 Å². The number of hydrogen-bond acceptors (Lipinski definition) is 6. The molecule has 2 rings (SSSR count). The number of aliphatic hydroxyl groups excluding tert-OH is 4. The molecule has 20 heavy (non-hydrogen) atoms. The number of hydrogen-bond donors (Lipinski definition) is 4. The van der Waals surface area contributed by atoms with E-state index in [0.29, 0.717) is 32.3 Å². The van der Waals surface area contributed by atoms with Crippen molar-refractivity contribution in [2.45, 2.75) is 62.3 Å². The highest BCUT2D eigenvalue weighted by atomic mass is 16.5.